The van der Waals surface area contributed by atoms with Gasteiger partial charge in [0.2, 0.25) is 0 Å². The van der Waals surface area contributed by atoms with Crippen LogP contribution in [0.3, 0.4) is 0 Å². The van der Waals surface area contributed by atoms with Crippen molar-refractivity contribution in [3.05, 3.63) is 53.3 Å². The van der Waals surface area contributed by atoms with E-state index in [1.165, 1.54) is 11.1 Å². The first-order chi connectivity index (χ1) is 7.68. The summed E-state index contributed by atoms with van der Waals surface area (Å²) in [6.45, 7) is 4.31. The van der Waals surface area contributed by atoms with Gasteiger partial charge >= 0.3 is 0 Å². The van der Waals surface area contributed by atoms with Gasteiger partial charge in [0.05, 0.1) is 5.69 Å². The van der Waals surface area contributed by atoms with Crippen LogP contribution in [0.1, 0.15) is 25.5 Å². The van der Waals surface area contributed by atoms with Gasteiger partial charge in [0, 0.05) is 16.8 Å². The predicted molar refractivity (Wildman–Crippen MR) is 68.8 cm³/mol. The van der Waals surface area contributed by atoms with Gasteiger partial charge in [-0.1, -0.05) is 43.6 Å². The van der Waals surface area contributed by atoms with Gasteiger partial charge in [-0.05, 0) is 29.7 Å². The third kappa shape index (κ3) is 2.25. The monoisotopic (exact) mass is 231 g/mol. The highest BCUT2D eigenvalue weighted by atomic mass is 35.5. The second kappa shape index (κ2) is 4.67. The van der Waals surface area contributed by atoms with E-state index < -0.39 is 0 Å². The molecule has 82 valence electrons. The topological polar surface area (TPSA) is 12.9 Å². The zero-order valence-corrected chi connectivity index (χ0v) is 10.2. The highest BCUT2D eigenvalue weighted by Crippen LogP contribution is 2.27. The van der Waals surface area contributed by atoms with Gasteiger partial charge in [0.1, 0.15) is 0 Å². The molecule has 0 N–H and O–H groups in total. The van der Waals surface area contributed by atoms with E-state index in [1.807, 2.05) is 36.5 Å². The molecule has 0 aliphatic rings. The smallest absolute Gasteiger partial charge is 0.0507 e. The van der Waals surface area contributed by atoms with Crippen LogP contribution in [0.25, 0.3) is 11.1 Å². The summed E-state index contributed by atoms with van der Waals surface area (Å²) in [5.74, 6) is 0.423. The predicted octanol–water partition coefficient (Wildman–Crippen LogP) is 4.53. The van der Waals surface area contributed by atoms with Crippen molar-refractivity contribution in [3.63, 3.8) is 0 Å². The number of benzene rings is 1. The van der Waals surface area contributed by atoms with E-state index in [4.69, 9.17) is 11.6 Å². The zero-order valence-electron chi connectivity index (χ0n) is 9.44. The Hall–Kier alpha value is -1.34. The van der Waals surface area contributed by atoms with Crippen LogP contribution in [0.2, 0.25) is 5.02 Å². The molecule has 1 aromatic carbocycles. The van der Waals surface area contributed by atoms with Gasteiger partial charge in [-0.25, -0.2) is 0 Å². The van der Waals surface area contributed by atoms with Crippen molar-refractivity contribution in [2.45, 2.75) is 19.8 Å². The van der Waals surface area contributed by atoms with E-state index in [0.29, 0.717) is 5.92 Å². The van der Waals surface area contributed by atoms with Crippen LogP contribution in [0.15, 0.2) is 42.6 Å². The third-order valence-electron chi connectivity index (χ3n) is 2.54. The molecule has 0 fully saturated rings. The summed E-state index contributed by atoms with van der Waals surface area (Å²) in [6, 6.07) is 12.0. The van der Waals surface area contributed by atoms with Gasteiger partial charge in [0.15, 0.2) is 0 Å². The lowest BCUT2D eigenvalue weighted by Crippen LogP contribution is -1.95. The summed E-state index contributed by atoms with van der Waals surface area (Å²) < 4.78 is 0. The highest BCUT2D eigenvalue weighted by Gasteiger charge is 2.08. The zero-order chi connectivity index (χ0) is 11.5. The van der Waals surface area contributed by atoms with E-state index in [1.54, 1.807) is 0 Å². The summed E-state index contributed by atoms with van der Waals surface area (Å²) >= 11 is 5.89. The van der Waals surface area contributed by atoms with Crippen LogP contribution in [0, 0.1) is 0 Å². The van der Waals surface area contributed by atoms with Crippen molar-refractivity contribution < 1.29 is 0 Å². The number of halogens is 1. The van der Waals surface area contributed by atoms with Crippen molar-refractivity contribution in [3.8, 4) is 11.1 Å². The summed E-state index contributed by atoms with van der Waals surface area (Å²) in [5.41, 5.74) is 3.49. The van der Waals surface area contributed by atoms with Crippen LogP contribution < -0.4 is 0 Å². The lowest BCUT2D eigenvalue weighted by molar-refractivity contribution is 0.826. The SMILES string of the molecule is CC(C)c1ncccc1-c1ccc(Cl)cc1. The Labute approximate surface area is 101 Å². The third-order valence-corrected chi connectivity index (χ3v) is 2.79. The molecule has 1 heterocycles. The van der Waals surface area contributed by atoms with Crippen LogP contribution in [-0.4, -0.2) is 4.98 Å². The van der Waals surface area contributed by atoms with Crippen LogP contribution in [0.4, 0.5) is 0 Å². The molecule has 0 saturated carbocycles. The van der Waals surface area contributed by atoms with Crippen molar-refractivity contribution in [1.29, 1.82) is 0 Å². The molecular weight excluding hydrogens is 218 g/mol. The minimum absolute atomic E-state index is 0.423. The molecule has 0 aliphatic heterocycles. The molecule has 0 bridgehead atoms. The van der Waals surface area contributed by atoms with Gasteiger partial charge in [-0.3, -0.25) is 4.98 Å². The molecule has 2 aromatic rings. The lowest BCUT2D eigenvalue weighted by Gasteiger charge is -2.11. The molecule has 0 saturated heterocycles. The van der Waals surface area contributed by atoms with Crippen molar-refractivity contribution in [2.75, 3.05) is 0 Å². The van der Waals surface area contributed by atoms with E-state index in [-0.39, 0.29) is 0 Å². The fourth-order valence-corrected chi connectivity index (χ4v) is 1.88. The molecule has 1 aromatic heterocycles. The molecule has 0 spiro atoms. The normalized spacial score (nSPS) is 10.8. The first-order valence-electron chi connectivity index (χ1n) is 5.39. The summed E-state index contributed by atoms with van der Waals surface area (Å²) in [6.07, 6.45) is 1.84. The fourth-order valence-electron chi connectivity index (χ4n) is 1.75. The maximum absolute atomic E-state index is 5.89. The molecular formula is C14H14ClN. The average molecular weight is 232 g/mol. The van der Waals surface area contributed by atoms with Crippen molar-refractivity contribution >= 4 is 11.6 Å². The number of pyridine rings is 1. The number of hydrogen-bond donors (Lipinski definition) is 0. The maximum atomic E-state index is 5.89. The highest BCUT2D eigenvalue weighted by molar-refractivity contribution is 6.30. The molecule has 16 heavy (non-hydrogen) atoms. The molecule has 0 unspecified atom stereocenters. The minimum atomic E-state index is 0.423. The molecule has 0 amide bonds. The summed E-state index contributed by atoms with van der Waals surface area (Å²) in [7, 11) is 0. The molecule has 0 radical (unpaired) electrons. The first kappa shape index (κ1) is 11.2. The Morgan fingerprint density at radius 1 is 1.06 bits per heavy atom. The van der Waals surface area contributed by atoms with E-state index in [0.717, 1.165) is 10.7 Å². The Morgan fingerprint density at radius 2 is 1.75 bits per heavy atom. The van der Waals surface area contributed by atoms with Gasteiger partial charge in [-0.15, -0.1) is 0 Å². The molecule has 0 atom stereocenters. The second-order valence-electron chi connectivity index (χ2n) is 4.10. The number of aromatic nitrogens is 1. The largest absolute Gasteiger partial charge is 0.260 e. The second-order valence-corrected chi connectivity index (χ2v) is 4.53. The Balaban J connectivity index is 2.51. The Bertz CT molecular complexity index is 474. The van der Waals surface area contributed by atoms with Gasteiger partial charge < -0.3 is 0 Å². The molecule has 1 nitrogen and oxygen atoms in total. The van der Waals surface area contributed by atoms with E-state index >= 15 is 0 Å². The van der Waals surface area contributed by atoms with Gasteiger partial charge in [0.25, 0.3) is 0 Å². The van der Waals surface area contributed by atoms with E-state index in [2.05, 4.69) is 24.9 Å². The number of nitrogens with zero attached hydrogens (tertiary/aromatic N) is 1. The molecule has 0 aliphatic carbocycles. The number of rotatable bonds is 2. The first-order valence-corrected chi connectivity index (χ1v) is 5.77. The van der Waals surface area contributed by atoms with Crippen LogP contribution in [0.5, 0.6) is 0 Å². The van der Waals surface area contributed by atoms with Crippen LogP contribution in [-0.2, 0) is 0 Å². The quantitative estimate of drug-likeness (QED) is 0.740. The fraction of sp³-hybridized carbons (Fsp3) is 0.214. The Kier molecular flexibility index (Phi) is 3.25. The van der Waals surface area contributed by atoms with Gasteiger partial charge in [-0.2, -0.15) is 0 Å². The maximum Gasteiger partial charge on any atom is 0.0507 e. The van der Waals surface area contributed by atoms with Crippen LogP contribution >= 0.6 is 11.6 Å². The Morgan fingerprint density at radius 3 is 2.38 bits per heavy atom. The van der Waals surface area contributed by atoms with Crippen molar-refractivity contribution in [2.24, 2.45) is 0 Å². The average Bonchev–Trinajstić information content (AvgIpc) is 2.30. The van der Waals surface area contributed by atoms with Crippen molar-refractivity contribution in [1.82, 2.24) is 4.98 Å². The lowest BCUT2D eigenvalue weighted by atomic mass is 9.98. The number of hydrogen-bond acceptors (Lipinski definition) is 1. The molecule has 2 rings (SSSR count). The minimum Gasteiger partial charge on any atom is -0.260 e. The summed E-state index contributed by atoms with van der Waals surface area (Å²) in [4.78, 5) is 4.44. The van der Waals surface area contributed by atoms with E-state index in [9.17, 15) is 0 Å². The summed E-state index contributed by atoms with van der Waals surface area (Å²) in [5, 5.41) is 0.763. The standard InChI is InChI=1S/C14H14ClN/c1-10(2)14-13(4-3-9-16-14)11-5-7-12(15)8-6-11/h3-10H,1-2H3. The molecule has 2 heteroatoms.